The summed E-state index contributed by atoms with van der Waals surface area (Å²) >= 11 is 0. The second-order valence-corrected chi connectivity index (χ2v) is 13.9. The number of H-pyrrole nitrogens is 1. The average molecular weight is 412 g/mol. The van der Waals surface area contributed by atoms with Crippen LogP contribution < -0.4 is 5.56 Å². The van der Waals surface area contributed by atoms with Crippen LogP contribution in [0.3, 0.4) is 0 Å². The smallest absolute Gasteiger partial charge is 0.248 e. The van der Waals surface area contributed by atoms with E-state index in [0.717, 1.165) is 40.9 Å². The molecule has 0 aliphatic rings. The average Bonchev–Trinajstić information content (AvgIpc) is 3.07. The predicted molar refractivity (Wildman–Crippen MR) is 119 cm³/mol. The van der Waals surface area contributed by atoms with E-state index in [-0.39, 0.29) is 12.2 Å². The predicted octanol–water partition coefficient (Wildman–Crippen LogP) is 3.75. The van der Waals surface area contributed by atoms with Crippen molar-refractivity contribution >= 4 is 8.07 Å². The van der Waals surface area contributed by atoms with E-state index in [4.69, 9.17) is 4.74 Å². The van der Waals surface area contributed by atoms with Crippen LogP contribution in [-0.2, 0) is 17.9 Å². The number of hydrogen-bond donors (Lipinski definition) is 2. The van der Waals surface area contributed by atoms with Crippen molar-refractivity contribution < 1.29 is 9.84 Å². The van der Waals surface area contributed by atoms with Crippen molar-refractivity contribution in [2.45, 2.75) is 38.8 Å². The van der Waals surface area contributed by atoms with Gasteiger partial charge >= 0.3 is 0 Å². The lowest BCUT2D eigenvalue weighted by Crippen LogP contribution is -2.22. The summed E-state index contributed by atoms with van der Waals surface area (Å²) in [4.78, 5) is 18.7. The van der Waals surface area contributed by atoms with Gasteiger partial charge in [-0.15, -0.1) is 0 Å². The number of ether oxygens (including phenoxy) is 1. The van der Waals surface area contributed by atoms with Crippen LogP contribution in [-0.4, -0.2) is 40.9 Å². The quantitative estimate of drug-likeness (QED) is 0.415. The van der Waals surface area contributed by atoms with Gasteiger partial charge in [-0.3, -0.25) is 4.79 Å². The fourth-order valence-corrected chi connectivity index (χ4v) is 3.84. The van der Waals surface area contributed by atoms with Crippen LogP contribution in [0.15, 0.2) is 53.6 Å². The molecule has 2 heterocycles. The van der Waals surface area contributed by atoms with E-state index in [2.05, 4.69) is 29.6 Å². The first-order chi connectivity index (χ1) is 13.9. The van der Waals surface area contributed by atoms with Crippen molar-refractivity contribution in [2.24, 2.45) is 0 Å². The van der Waals surface area contributed by atoms with Crippen molar-refractivity contribution in [3.05, 3.63) is 65.0 Å². The van der Waals surface area contributed by atoms with Gasteiger partial charge in [-0.25, -0.2) is 4.98 Å². The van der Waals surface area contributed by atoms with Crippen LogP contribution in [0.4, 0.5) is 0 Å². The number of nitrogens with zero attached hydrogens (tertiary/aromatic N) is 2. The maximum Gasteiger partial charge on any atom is 0.248 e. The molecule has 154 valence electrons. The van der Waals surface area contributed by atoms with Crippen LogP contribution in [0.1, 0.15) is 5.82 Å². The fraction of sp³-hybridized carbons (Fsp3) is 0.364. The van der Waals surface area contributed by atoms with E-state index in [1.165, 1.54) is 0 Å². The van der Waals surface area contributed by atoms with Gasteiger partial charge in [-0.05, 0) is 28.8 Å². The molecule has 0 amide bonds. The van der Waals surface area contributed by atoms with E-state index in [1.54, 1.807) is 12.3 Å². The zero-order valence-electron chi connectivity index (χ0n) is 17.3. The molecule has 0 aliphatic carbocycles. The van der Waals surface area contributed by atoms with Gasteiger partial charge in [0, 0.05) is 33.4 Å². The molecule has 1 aromatic carbocycles. The number of pyridine rings is 1. The van der Waals surface area contributed by atoms with E-state index >= 15 is 0 Å². The van der Waals surface area contributed by atoms with E-state index in [0.29, 0.717) is 13.2 Å². The van der Waals surface area contributed by atoms with Gasteiger partial charge in [-0.2, -0.15) is 0 Å². The van der Waals surface area contributed by atoms with Gasteiger partial charge in [0.25, 0.3) is 0 Å². The second-order valence-electron chi connectivity index (χ2n) is 8.33. The molecule has 0 unspecified atom stereocenters. The number of nitrogens with one attached hydrogen (secondary N) is 1. The Kier molecular flexibility index (Phi) is 6.84. The SMILES string of the molecule is C[Si](C)(C)CCOCn1c(-c2ccc(-c3cc[nH]c(=O)c3)cc2)cnc1CCO. The molecule has 0 aliphatic heterocycles. The Morgan fingerprint density at radius 3 is 2.48 bits per heavy atom. The second kappa shape index (κ2) is 9.34. The number of imidazole rings is 1. The number of aliphatic hydroxyl groups excluding tert-OH is 1. The Bertz CT molecular complexity index is 988. The summed E-state index contributed by atoms with van der Waals surface area (Å²) in [6.45, 7) is 8.19. The lowest BCUT2D eigenvalue weighted by molar-refractivity contribution is 0.0856. The Balaban J connectivity index is 1.81. The highest BCUT2D eigenvalue weighted by Crippen LogP contribution is 2.25. The van der Waals surface area contributed by atoms with Crippen molar-refractivity contribution in [1.82, 2.24) is 14.5 Å². The third kappa shape index (κ3) is 5.76. The summed E-state index contributed by atoms with van der Waals surface area (Å²) in [5.74, 6) is 0.814. The first kappa shape index (κ1) is 21.2. The zero-order valence-corrected chi connectivity index (χ0v) is 18.3. The lowest BCUT2D eigenvalue weighted by Gasteiger charge is -2.17. The number of aliphatic hydroxyl groups is 1. The number of hydrogen-bond acceptors (Lipinski definition) is 4. The summed E-state index contributed by atoms with van der Waals surface area (Å²) in [5.41, 5.74) is 3.72. The molecule has 2 N–H and O–H groups in total. The molecule has 0 fully saturated rings. The highest BCUT2D eigenvalue weighted by atomic mass is 28.3. The first-order valence-corrected chi connectivity index (χ1v) is 13.6. The number of aromatic amines is 1. The molecule has 0 saturated heterocycles. The number of benzene rings is 1. The van der Waals surface area contributed by atoms with Gasteiger partial charge in [0.2, 0.25) is 5.56 Å². The van der Waals surface area contributed by atoms with Crippen molar-refractivity contribution in [3.63, 3.8) is 0 Å². The number of aromatic nitrogens is 3. The third-order valence-corrected chi connectivity index (χ3v) is 6.48. The summed E-state index contributed by atoms with van der Waals surface area (Å²) in [5, 5.41) is 9.37. The molecule has 0 spiro atoms. The van der Waals surface area contributed by atoms with Crippen molar-refractivity contribution in [1.29, 1.82) is 0 Å². The fourth-order valence-electron chi connectivity index (χ4n) is 3.08. The Morgan fingerprint density at radius 2 is 1.83 bits per heavy atom. The Labute approximate surface area is 172 Å². The molecule has 3 rings (SSSR count). The summed E-state index contributed by atoms with van der Waals surface area (Å²) < 4.78 is 7.98. The Hall–Kier alpha value is -2.48. The highest BCUT2D eigenvalue weighted by molar-refractivity contribution is 6.76. The molecule has 29 heavy (non-hydrogen) atoms. The summed E-state index contributed by atoms with van der Waals surface area (Å²) in [6.07, 6.45) is 3.97. The van der Waals surface area contributed by atoms with Crippen molar-refractivity contribution in [3.8, 4) is 22.4 Å². The van der Waals surface area contributed by atoms with Gasteiger partial charge < -0.3 is 19.4 Å². The van der Waals surface area contributed by atoms with Gasteiger partial charge in [-0.1, -0.05) is 43.9 Å². The van der Waals surface area contributed by atoms with Gasteiger partial charge in [0.05, 0.1) is 18.5 Å². The third-order valence-electron chi connectivity index (χ3n) is 4.78. The molecular formula is C22H29N3O3Si. The maximum absolute atomic E-state index is 11.5. The molecular weight excluding hydrogens is 382 g/mol. The minimum absolute atomic E-state index is 0.0485. The monoisotopic (exact) mass is 411 g/mol. The topological polar surface area (TPSA) is 80.1 Å². The molecule has 7 heteroatoms. The standard InChI is InChI=1S/C22H29N3O3Si/c1-29(2,3)13-12-28-16-25-20(15-24-21(25)9-11-26)18-6-4-17(5-7-18)19-8-10-23-22(27)14-19/h4-8,10,14-15,26H,9,11-13,16H2,1-3H3,(H,23,27). The minimum atomic E-state index is -1.14. The van der Waals surface area contributed by atoms with Crippen LogP contribution in [0, 0.1) is 0 Å². The molecule has 0 saturated carbocycles. The van der Waals surface area contributed by atoms with E-state index in [1.807, 2.05) is 41.1 Å². The lowest BCUT2D eigenvalue weighted by atomic mass is 10.0. The van der Waals surface area contributed by atoms with Crippen LogP contribution in [0.25, 0.3) is 22.4 Å². The van der Waals surface area contributed by atoms with Gasteiger partial charge in [0.15, 0.2) is 0 Å². The van der Waals surface area contributed by atoms with Crippen LogP contribution in [0.5, 0.6) is 0 Å². The zero-order chi connectivity index (χ0) is 20.9. The molecule has 3 aromatic rings. The number of rotatable bonds is 9. The van der Waals surface area contributed by atoms with Crippen LogP contribution >= 0.6 is 0 Å². The van der Waals surface area contributed by atoms with Crippen molar-refractivity contribution in [2.75, 3.05) is 13.2 Å². The van der Waals surface area contributed by atoms with E-state index in [9.17, 15) is 9.90 Å². The maximum atomic E-state index is 11.5. The summed E-state index contributed by atoms with van der Waals surface area (Å²) in [7, 11) is -1.14. The Morgan fingerprint density at radius 1 is 1.10 bits per heavy atom. The molecule has 0 bridgehead atoms. The molecule has 0 radical (unpaired) electrons. The van der Waals surface area contributed by atoms with Gasteiger partial charge in [0.1, 0.15) is 12.6 Å². The normalized spacial score (nSPS) is 11.7. The molecule has 6 nitrogen and oxygen atoms in total. The molecule has 0 atom stereocenters. The largest absolute Gasteiger partial charge is 0.396 e. The van der Waals surface area contributed by atoms with Crippen LogP contribution in [0.2, 0.25) is 25.7 Å². The minimum Gasteiger partial charge on any atom is -0.396 e. The molecule has 2 aromatic heterocycles. The summed E-state index contributed by atoms with van der Waals surface area (Å²) in [6, 6.07) is 12.6. The van der Waals surface area contributed by atoms with E-state index < -0.39 is 8.07 Å². The first-order valence-electron chi connectivity index (χ1n) is 9.90. The highest BCUT2D eigenvalue weighted by Gasteiger charge is 2.14.